The number of nitrogens with zero attached hydrogens (tertiary/aromatic N) is 1. The van der Waals surface area contributed by atoms with Crippen LogP contribution in [0.3, 0.4) is 0 Å². The van der Waals surface area contributed by atoms with Crippen LogP contribution in [0.1, 0.15) is 11.4 Å². The summed E-state index contributed by atoms with van der Waals surface area (Å²) in [7, 11) is 0. The molecule has 2 rings (SSSR count). The molecule has 0 radical (unpaired) electrons. The molecule has 5 nitrogen and oxygen atoms in total. The van der Waals surface area contributed by atoms with Crippen LogP contribution in [-0.4, -0.2) is 21.0 Å². The summed E-state index contributed by atoms with van der Waals surface area (Å²) in [5, 5.41) is 11.9. The van der Waals surface area contributed by atoms with E-state index in [4.69, 9.17) is 5.11 Å². The second kappa shape index (κ2) is 5.16. The van der Waals surface area contributed by atoms with Crippen LogP contribution in [0.15, 0.2) is 36.7 Å². The van der Waals surface area contributed by atoms with Gasteiger partial charge in [0.25, 0.3) is 0 Å². The number of nitrogens with one attached hydrogen (secondary N) is 2. The maximum atomic E-state index is 11.6. The second-order valence-corrected chi connectivity index (χ2v) is 3.66. The highest BCUT2D eigenvalue weighted by molar-refractivity contribution is 5.78. The SMILES string of the molecule is O=C(Cc1ccc(O)cc1)NCc1ncc[nH]1. The average molecular weight is 231 g/mol. The predicted molar refractivity (Wildman–Crippen MR) is 62.2 cm³/mol. The van der Waals surface area contributed by atoms with E-state index >= 15 is 0 Å². The summed E-state index contributed by atoms with van der Waals surface area (Å²) in [4.78, 5) is 18.5. The van der Waals surface area contributed by atoms with E-state index in [-0.39, 0.29) is 11.7 Å². The first-order valence-electron chi connectivity index (χ1n) is 5.27. The van der Waals surface area contributed by atoms with E-state index in [1.54, 1.807) is 36.7 Å². The van der Waals surface area contributed by atoms with Crippen molar-refractivity contribution in [3.05, 3.63) is 48.0 Å². The van der Waals surface area contributed by atoms with Gasteiger partial charge >= 0.3 is 0 Å². The van der Waals surface area contributed by atoms with Crippen LogP contribution in [-0.2, 0) is 17.8 Å². The quantitative estimate of drug-likeness (QED) is 0.733. The number of amides is 1. The Balaban J connectivity index is 1.83. The lowest BCUT2D eigenvalue weighted by molar-refractivity contribution is -0.120. The predicted octanol–water partition coefficient (Wildman–Crippen LogP) is 0.974. The number of rotatable bonds is 4. The third kappa shape index (κ3) is 3.34. The number of phenols is 1. The molecule has 0 spiro atoms. The Morgan fingerprint density at radius 3 is 2.76 bits per heavy atom. The van der Waals surface area contributed by atoms with E-state index < -0.39 is 0 Å². The first-order valence-corrected chi connectivity index (χ1v) is 5.27. The van der Waals surface area contributed by atoms with Gasteiger partial charge in [-0.25, -0.2) is 4.98 Å². The molecule has 0 saturated carbocycles. The molecule has 0 aliphatic heterocycles. The Labute approximate surface area is 98.5 Å². The number of imidazole rings is 1. The molecule has 1 amide bonds. The fourth-order valence-electron chi connectivity index (χ4n) is 1.44. The minimum absolute atomic E-state index is 0.0768. The molecule has 0 fully saturated rings. The van der Waals surface area contributed by atoms with Gasteiger partial charge in [0.05, 0.1) is 13.0 Å². The number of hydrogen-bond acceptors (Lipinski definition) is 3. The number of aromatic nitrogens is 2. The van der Waals surface area contributed by atoms with Crippen LogP contribution < -0.4 is 5.32 Å². The van der Waals surface area contributed by atoms with Crippen molar-refractivity contribution in [3.8, 4) is 5.75 Å². The summed E-state index contributed by atoms with van der Waals surface area (Å²) >= 11 is 0. The zero-order valence-corrected chi connectivity index (χ0v) is 9.18. The van der Waals surface area contributed by atoms with Crippen LogP contribution in [0, 0.1) is 0 Å². The third-order valence-corrected chi connectivity index (χ3v) is 2.31. The third-order valence-electron chi connectivity index (χ3n) is 2.31. The van der Waals surface area contributed by atoms with E-state index in [2.05, 4.69) is 15.3 Å². The first kappa shape index (κ1) is 11.2. The van der Waals surface area contributed by atoms with E-state index in [1.807, 2.05) is 0 Å². The van der Waals surface area contributed by atoms with Gasteiger partial charge in [-0.2, -0.15) is 0 Å². The van der Waals surface area contributed by atoms with Gasteiger partial charge in [0.2, 0.25) is 5.91 Å². The molecular formula is C12H13N3O2. The number of benzene rings is 1. The Kier molecular flexibility index (Phi) is 3.40. The van der Waals surface area contributed by atoms with Crippen molar-refractivity contribution in [2.45, 2.75) is 13.0 Å². The van der Waals surface area contributed by atoms with Crippen LogP contribution >= 0.6 is 0 Å². The minimum Gasteiger partial charge on any atom is -0.508 e. The van der Waals surface area contributed by atoms with Crippen LogP contribution in [0.2, 0.25) is 0 Å². The van der Waals surface area contributed by atoms with Crippen molar-refractivity contribution in [1.29, 1.82) is 0 Å². The summed E-state index contributed by atoms with van der Waals surface area (Å²) in [6, 6.07) is 6.58. The average Bonchev–Trinajstić information content (AvgIpc) is 2.83. The van der Waals surface area contributed by atoms with Gasteiger partial charge in [-0.3, -0.25) is 4.79 Å². The summed E-state index contributed by atoms with van der Waals surface area (Å²) in [5.74, 6) is 0.848. The molecule has 0 aliphatic rings. The number of hydrogen-bond donors (Lipinski definition) is 3. The van der Waals surface area contributed by atoms with Crippen LogP contribution in [0.25, 0.3) is 0 Å². The number of H-pyrrole nitrogens is 1. The molecule has 0 saturated heterocycles. The van der Waals surface area contributed by atoms with Crippen molar-refractivity contribution >= 4 is 5.91 Å². The maximum Gasteiger partial charge on any atom is 0.224 e. The summed E-state index contributed by atoms with van der Waals surface area (Å²) in [6.07, 6.45) is 3.64. The van der Waals surface area contributed by atoms with E-state index in [0.717, 1.165) is 11.4 Å². The van der Waals surface area contributed by atoms with Crippen LogP contribution in [0.4, 0.5) is 0 Å². The highest BCUT2D eigenvalue weighted by atomic mass is 16.3. The standard InChI is InChI=1S/C12H13N3O2/c16-10-3-1-9(2-4-10)7-12(17)15-8-11-13-5-6-14-11/h1-6,16H,7-8H2,(H,13,14)(H,15,17). The lowest BCUT2D eigenvalue weighted by Gasteiger charge is -2.03. The van der Waals surface area contributed by atoms with Crippen molar-refractivity contribution < 1.29 is 9.90 Å². The fraction of sp³-hybridized carbons (Fsp3) is 0.167. The molecule has 1 aromatic carbocycles. The minimum atomic E-state index is -0.0768. The Bertz CT molecular complexity index is 477. The number of carbonyl (C=O) groups is 1. The van der Waals surface area contributed by atoms with Crippen molar-refractivity contribution in [2.75, 3.05) is 0 Å². The van der Waals surface area contributed by atoms with Crippen LogP contribution in [0.5, 0.6) is 5.75 Å². The number of aromatic amines is 1. The lowest BCUT2D eigenvalue weighted by atomic mass is 10.1. The van der Waals surface area contributed by atoms with Gasteiger partial charge in [0, 0.05) is 12.4 Å². The Morgan fingerprint density at radius 1 is 1.35 bits per heavy atom. The van der Waals surface area contributed by atoms with E-state index in [0.29, 0.717) is 13.0 Å². The normalized spacial score (nSPS) is 10.1. The van der Waals surface area contributed by atoms with Crippen molar-refractivity contribution in [1.82, 2.24) is 15.3 Å². The Morgan fingerprint density at radius 2 is 2.12 bits per heavy atom. The Hall–Kier alpha value is -2.30. The molecule has 1 heterocycles. The molecule has 0 bridgehead atoms. The molecule has 0 unspecified atom stereocenters. The summed E-state index contributed by atoms with van der Waals surface area (Å²) < 4.78 is 0. The highest BCUT2D eigenvalue weighted by Crippen LogP contribution is 2.09. The molecular weight excluding hydrogens is 218 g/mol. The van der Waals surface area contributed by atoms with Crippen molar-refractivity contribution in [2.24, 2.45) is 0 Å². The molecule has 17 heavy (non-hydrogen) atoms. The zero-order chi connectivity index (χ0) is 12.1. The molecule has 0 atom stereocenters. The molecule has 88 valence electrons. The van der Waals surface area contributed by atoms with Gasteiger partial charge in [-0.1, -0.05) is 12.1 Å². The van der Waals surface area contributed by atoms with E-state index in [1.165, 1.54) is 0 Å². The fourth-order valence-corrected chi connectivity index (χ4v) is 1.44. The number of phenolic OH excluding ortho intramolecular Hbond substituents is 1. The molecule has 3 N–H and O–H groups in total. The second-order valence-electron chi connectivity index (χ2n) is 3.66. The number of aromatic hydroxyl groups is 1. The van der Waals surface area contributed by atoms with Gasteiger partial charge < -0.3 is 15.4 Å². The molecule has 2 aromatic rings. The van der Waals surface area contributed by atoms with Gasteiger partial charge in [-0.15, -0.1) is 0 Å². The topological polar surface area (TPSA) is 78.0 Å². The summed E-state index contributed by atoms with van der Waals surface area (Å²) in [6.45, 7) is 0.393. The lowest BCUT2D eigenvalue weighted by Crippen LogP contribution is -2.25. The molecule has 5 heteroatoms. The summed E-state index contributed by atoms with van der Waals surface area (Å²) in [5.41, 5.74) is 0.861. The smallest absolute Gasteiger partial charge is 0.224 e. The first-order chi connectivity index (χ1) is 8.24. The van der Waals surface area contributed by atoms with Gasteiger partial charge in [0.1, 0.15) is 11.6 Å². The monoisotopic (exact) mass is 231 g/mol. The largest absolute Gasteiger partial charge is 0.508 e. The van der Waals surface area contributed by atoms with Gasteiger partial charge in [-0.05, 0) is 17.7 Å². The molecule has 0 aliphatic carbocycles. The zero-order valence-electron chi connectivity index (χ0n) is 9.18. The van der Waals surface area contributed by atoms with Gasteiger partial charge in [0.15, 0.2) is 0 Å². The number of carbonyl (C=O) groups excluding carboxylic acids is 1. The van der Waals surface area contributed by atoms with E-state index in [9.17, 15) is 4.79 Å². The maximum absolute atomic E-state index is 11.6. The highest BCUT2D eigenvalue weighted by Gasteiger charge is 2.03. The molecule has 1 aromatic heterocycles. The van der Waals surface area contributed by atoms with Crippen molar-refractivity contribution in [3.63, 3.8) is 0 Å².